The molecule has 0 radical (unpaired) electrons. The van der Waals surface area contributed by atoms with Crippen LogP contribution < -0.4 is 15.8 Å². The van der Waals surface area contributed by atoms with E-state index in [1.54, 1.807) is 12.1 Å². The van der Waals surface area contributed by atoms with Gasteiger partial charge in [-0.25, -0.2) is 13.1 Å². The molecule has 0 saturated heterocycles. The molecule has 0 heterocycles. The molecule has 1 saturated carbocycles. The highest BCUT2D eigenvalue weighted by Gasteiger charge is 2.23. The normalized spacial score (nSPS) is 17.4. The van der Waals surface area contributed by atoms with Crippen LogP contribution in [0.25, 0.3) is 0 Å². The molecule has 0 unspecified atom stereocenters. The SMILES string of the molecule is CC(C)(C)NS(=O)(=O)c1ccc(NC2CCCCC2)c(N)c1. The molecule has 1 aliphatic carbocycles. The van der Waals surface area contributed by atoms with Crippen LogP contribution in [0.15, 0.2) is 23.1 Å². The molecule has 1 aromatic carbocycles. The van der Waals surface area contributed by atoms with Gasteiger partial charge in [-0.05, 0) is 51.8 Å². The van der Waals surface area contributed by atoms with E-state index in [0.29, 0.717) is 11.7 Å². The van der Waals surface area contributed by atoms with Crippen LogP contribution in [0.3, 0.4) is 0 Å². The van der Waals surface area contributed by atoms with Gasteiger partial charge in [0.2, 0.25) is 10.0 Å². The number of anilines is 2. The Morgan fingerprint density at radius 2 is 1.77 bits per heavy atom. The van der Waals surface area contributed by atoms with Gasteiger partial charge >= 0.3 is 0 Å². The lowest BCUT2D eigenvalue weighted by molar-refractivity contribution is 0.463. The zero-order chi connectivity index (χ0) is 16.4. The van der Waals surface area contributed by atoms with E-state index < -0.39 is 15.6 Å². The Balaban J connectivity index is 2.15. The summed E-state index contributed by atoms with van der Waals surface area (Å²) < 4.78 is 27.3. The van der Waals surface area contributed by atoms with Crippen molar-refractivity contribution in [3.8, 4) is 0 Å². The number of rotatable bonds is 4. The van der Waals surface area contributed by atoms with Gasteiger partial charge in [0.15, 0.2) is 0 Å². The van der Waals surface area contributed by atoms with Crippen molar-refractivity contribution in [2.24, 2.45) is 0 Å². The summed E-state index contributed by atoms with van der Waals surface area (Å²) in [6.07, 6.45) is 6.05. The largest absolute Gasteiger partial charge is 0.397 e. The minimum Gasteiger partial charge on any atom is -0.397 e. The van der Waals surface area contributed by atoms with Crippen molar-refractivity contribution in [2.45, 2.75) is 69.4 Å². The fourth-order valence-electron chi connectivity index (χ4n) is 2.77. The van der Waals surface area contributed by atoms with Crippen LogP contribution in [0.1, 0.15) is 52.9 Å². The van der Waals surface area contributed by atoms with Crippen LogP contribution in [0.2, 0.25) is 0 Å². The fourth-order valence-corrected chi connectivity index (χ4v) is 4.22. The second-order valence-corrected chi connectivity index (χ2v) is 8.77. The lowest BCUT2D eigenvalue weighted by Gasteiger charge is -2.25. The maximum atomic E-state index is 12.3. The summed E-state index contributed by atoms with van der Waals surface area (Å²) in [6, 6.07) is 5.34. The van der Waals surface area contributed by atoms with Crippen molar-refractivity contribution in [1.29, 1.82) is 0 Å². The van der Waals surface area contributed by atoms with E-state index in [4.69, 9.17) is 5.73 Å². The summed E-state index contributed by atoms with van der Waals surface area (Å²) in [4.78, 5) is 0.203. The van der Waals surface area contributed by atoms with Gasteiger partial charge in [0, 0.05) is 11.6 Å². The minimum absolute atomic E-state index is 0.203. The van der Waals surface area contributed by atoms with Crippen LogP contribution in [0.4, 0.5) is 11.4 Å². The number of hydrogen-bond acceptors (Lipinski definition) is 4. The maximum absolute atomic E-state index is 12.3. The first kappa shape index (κ1) is 17.1. The summed E-state index contributed by atoms with van der Waals surface area (Å²) in [5.74, 6) is 0. The molecule has 0 atom stereocenters. The fraction of sp³-hybridized carbons (Fsp3) is 0.625. The van der Waals surface area contributed by atoms with Crippen LogP contribution in [0, 0.1) is 0 Å². The van der Waals surface area contributed by atoms with Gasteiger partial charge in [-0.1, -0.05) is 19.3 Å². The van der Waals surface area contributed by atoms with Crippen molar-refractivity contribution < 1.29 is 8.42 Å². The highest BCUT2D eigenvalue weighted by atomic mass is 32.2. The van der Waals surface area contributed by atoms with Gasteiger partial charge in [-0.3, -0.25) is 0 Å². The lowest BCUT2D eigenvalue weighted by atomic mass is 9.95. The topological polar surface area (TPSA) is 84.2 Å². The molecule has 1 aliphatic rings. The van der Waals surface area contributed by atoms with Gasteiger partial charge in [-0.15, -0.1) is 0 Å². The second-order valence-electron chi connectivity index (χ2n) is 7.08. The highest BCUT2D eigenvalue weighted by molar-refractivity contribution is 7.89. The average Bonchev–Trinajstić information content (AvgIpc) is 2.39. The summed E-state index contributed by atoms with van der Waals surface area (Å²) in [7, 11) is -3.55. The molecule has 2 rings (SSSR count). The van der Waals surface area contributed by atoms with Gasteiger partial charge in [-0.2, -0.15) is 0 Å². The number of hydrogen-bond donors (Lipinski definition) is 3. The monoisotopic (exact) mass is 325 g/mol. The Kier molecular flexibility index (Phi) is 5.02. The molecule has 5 nitrogen and oxygen atoms in total. The molecule has 124 valence electrons. The Bertz CT molecular complexity index is 615. The van der Waals surface area contributed by atoms with Gasteiger partial charge in [0.1, 0.15) is 0 Å². The molecule has 4 N–H and O–H groups in total. The first-order chi connectivity index (χ1) is 10.2. The van der Waals surface area contributed by atoms with Crippen LogP contribution in [0.5, 0.6) is 0 Å². The van der Waals surface area contributed by atoms with E-state index in [1.807, 2.05) is 20.8 Å². The molecule has 0 bridgehead atoms. The predicted molar refractivity (Wildman–Crippen MR) is 91.4 cm³/mol. The summed E-state index contributed by atoms with van der Waals surface area (Å²) in [6.45, 7) is 5.44. The van der Waals surface area contributed by atoms with Crippen LogP contribution in [-0.2, 0) is 10.0 Å². The quantitative estimate of drug-likeness (QED) is 0.743. The first-order valence-corrected chi connectivity index (χ1v) is 9.36. The molecule has 0 amide bonds. The van der Waals surface area contributed by atoms with Crippen molar-refractivity contribution in [2.75, 3.05) is 11.1 Å². The predicted octanol–water partition coefficient (Wildman–Crippen LogP) is 3.09. The molecule has 1 aromatic rings. The summed E-state index contributed by atoms with van der Waals surface area (Å²) >= 11 is 0. The van der Waals surface area contributed by atoms with Gasteiger partial charge < -0.3 is 11.1 Å². The minimum atomic E-state index is -3.55. The van der Waals surface area contributed by atoms with Crippen molar-refractivity contribution in [1.82, 2.24) is 4.72 Å². The molecular formula is C16H27N3O2S. The Morgan fingerprint density at radius 1 is 1.14 bits per heavy atom. The standard InChI is InChI=1S/C16H27N3O2S/c1-16(2,3)19-22(20,21)13-9-10-15(14(17)11-13)18-12-7-5-4-6-8-12/h9-12,18-19H,4-8,17H2,1-3H3. The number of nitrogens with two attached hydrogens (primary N) is 1. The number of nitrogens with one attached hydrogen (secondary N) is 2. The molecule has 1 fully saturated rings. The Hall–Kier alpha value is -1.27. The van der Waals surface area contributed by atoms with Gasteiger partial charge in [0.25, 0.3) is 0 Å². The number of nitrogen functional groups attached to an aromatic ring is 1. The van der Waals surface area contributed by atoms with Crippen molar-refractivity contribution in [3.63, 3.8) is 0 Å². The molecule has 0 spiro atoms. The van der Waals surface area contributed by atoms with E-state index in [1.165, 1.54) is 25.3 Å². The van der Waals surface area contributed by atoms with Crippen molar-refractivity contribution >= 4 is 21.4 Å². The Morgan fingerprint density at radius 3 is 2.32 bits per heavy atom. The average molecular weight is 325 g/mol. The molecule has 6 heteroatoms. The lowest BCUT2D eigenvalue weighted by Crippen LogP contribution is -2.40. The van der Waals surface area contributed by atoms with E-state index in [-0.39, 0.29) is 4.90 Å². The molecule has 0 aromatic heterocycles. The number of sulfonamides is 1. The van der Waals surface area contributed by atoms with Crippen LogP contribution in [-0.4, -0.2) is 20.0 Å². The third kappa shape index (κ3) is 4.61. The molecule has 0 aliphatic heterocycles. The first-order valence-electron chi connectivity index (χ1n) is 7.87. The zero-order valence-electron chi connectivity index (χ0n) is 13.6. The maximum Gasteiger partial charge on any atom is 0.241 e. The van der Waals surface area contributed by atoms with E-state index in [0.717, 1.165) is 18.5 Å². The van der Waals surface area contributed by atoms with Crippen LogP contribution >= 0.6 is 0 Å². The van der Waals surface area contributed by atoms with Gasteiger partial charge in [0.05, 0.1) is 16.3 Å². The van der Waals surface area contributed by atoms with E-state index in [2.05, 4.69) is 10.0 Å². The molecule has 22 heavy (non-hydrogen) atoms. The second kappa shape index (κ2) is 6.46. The molecular weight excluding hydrogens is 298 g/mol. The third-order valence-electron chi connectivity index (χ3n) is 3.74. The number of benzene rings is 1. The summed E-state index contributed by atoms with van der Waals surface area (Å²) in [5.41, 5.74) is 6.82. The Labute approximate surface area is 133 Å². The van der Waals surface area contributed by atoms with E-state index in [9.17, 15) is 8.42 Å². The van der Waals surface area contributed by atoms with E-state index >= 15 is 0 Å². The zero-order valence-corrected chi connectivity index (χ0v) is 14.5. The highest BCUT2D eigenvalue weighted by Crippen LogP contribution is 2.27. The third-order valence-corrected chi connectivity index (χ3v) is 5.49. The van der Waals surface area contributed by atoms with Crippen molar-refractivity contribution in [3.05, 3.63) is 18.2 Å². The smallest absolute Gasteiger partial charge is 0.241 e. The summed E-state index contributed by atoms with van der Waals surface area (Å²) in [5, 5.41) is 3.44.